The van der Waals surface area contributed by atoms with Crippen molar-refractivity contribution in [1.29, 1.82) is 0 Å². The molecule has 2 heteroatoms. The van der Waals surface area contributed by atoms with Crippen LogP contribution in [-0.2, 0) is 4.74 Å². The van der Waals surface area contributed by atoms with Crippen LogP contribution in [0.15, 0.2) is 0 Å². The molecule has 2 aliphatic carbocycles. The molecule has 1 unspecified atom stereocenters. The van der Waals surface area contributed by atoms with Gasteiger partial charge in [-0.25, -0.2) is 0 Å². The predicted molar refractivity (Wildman–Crippen MR) is 93.1 cm³/mol. The molecule has 1 atom stereocenters. The molecule has 128 valence electrons. The van der Waals surface area contributed by atoms with Gasteiger partial charge in [0.05, 0.1) is 6.10 Å². The quantitative estimate of drug-likeness (QED) is 0.718. The summed E-state index contributed by atoms with van der Waals surface area (Å²) < 4.78 is 5.80. The largest absolute Gasteiger partial charge is 0.379 e. The zero-order valence-electron chi connectivity index (χ0n) is 15.2. The second-order valence-corrected chi connectivity index (χ2v) is 8.48. The van der Waals surface area contributed by atoms with Gasteiger partial charge in [-0.05, 0) is 88.6 Å². The lowest BCUT2D eigenvalue weighted by molar-refractivity contribution is -0.0533. The van der Waals surface area contributed by atoms with E-state index < -0.39 is 0 Å². The lowest BCUT2D eigenvalue weighted by Gasteiger charge is -2.55. The predicted octanol–water partition coefficient (Wildman–Crippen LogP) is 4.87. The Kier molecular flexibility index (Phi) is 5.50. The van der Waals surface area contributed by atoms with Gasteiger partial charge in [0.15, 0.2) is 0 Å². The maximum absolute atomic E-state index is 5.80. The Morgan fingerprint density at radius 1 is 1.05 bits per heavy atom. The monoisotopic (exact) mass is 307 g/mol. The first-order valence-electron chi connectivity index (χ1n) is 10.0. The number of ether oxygens (including phenoxy) is 1. The summed E-state index contributed by atoms with van der Waals surface area (Å²) in [6, 6.07) is 0.861. The molecule has 2 nitrogen and oxygen atoms in total. The van der Waals surface area contributed by atoms with Crippen LogP contribution in [0.5, 0.6) is 0 Å². The summed E-state index contributed by atoms with van der Waals surface area (Å²) >= 11 is 0. The van der Waals surface area contributed by atoms with Crippen molar-refractivity contribution in [1.82, 2.24) is 4.90 Å². The van der Waals surface area contributed by atoms with Gasteiger partial charge in [-0.1, -0.05) is 20.3 Å². The van der Waals surface area contributed by atoms with Gasteiger partial charge in [-0.15, -0.1) is 0 Å². The summed E-state index contributed by atoms with van der Waals surface area (Å²) in [7, 11) is 0. The zero-order chi connectivity index (χ0) is 15.6. The minimum Gasteiger partial charge on any atom is -0.379 e. The molecular weight excluding hydrogens is 270 g/mol. The van der Waals surface area contributed by atoms with Crippen LogP contribution in [0.25, 0.3) is 0 Å². The van der Waals surface area contributed by atoms with Crippen LogP contribution in [-0.4, -0.2) is 36.7 Å². The van der Waals surface area contributed by atoms with Gasteiger partial charge in [0, 0.05) is 12.6 Å². The molecule has 0 radical (unpaired) electrons. The van der Waals surface area contributed by atoms with E-state index in [1.807, 2.05) is 0 Å². The smallest absolute Gasteiger partial charge is 0.0576 e. The average Bonchev–Trinajstić information content (AvgIpc) is 2.53. The Hall–Kier alpha value is -0.0800. The Bertz CT molecular complexity index is 332. The molecule has 22 heavy (non-hydrogen) atoms. The molecule has 3 aliphatic rings. The number of rotatable bonds is 5. The van der Waals surface area contributed by atoms with E-state index in [0.29, 0.717) is 6.10 Å². The normalized spacial score (nSPS) is 34.5. The summed E-state index contributed by atoms with van der Waals surface area (Å²) in [6.07, 6.45) is 13.3. The molecular formula is C20H37NO. The standard InChI is InChI=1S/C20H37NO/c1-4-16(3)17-14-20(15-17)10-12-21(13-11-20)18-6-8-19(9-7-18)22-5-2/h16-19H,4-15H2,1-3H3. The maximum Gasteiger partial charge on any atom is 0.0576 e. The van der Waals surface area contributed by atoms with Gasteiger partial charge < -0.3 is 9.64 Å². The molecule has 1 spiro atoms. The van der Waals surface area contributed by atoms with Crippen molar-refractivity contribution >= 4 is 0 Å². The SMILES string of the molecule is CCOC1CCC(N2CCC3(CC2)CC(C(C)CC)C3)CC1. The van der Waals surface area contributed by atoms with Gasteiger partial charge in [0.2, 0.25) is 0 Å². The van der Waals surface area contributed by atoms with E-state index in [2.05, 4.69) is 25.7 Å². The number of hydrogen-bond donors (Lipinski definition) is 0. The molecule has 0 N–H and O–H groups in total. The topological polar surface area (TPSA) is 12.5 Å². The Morgan fingerprint density at radius 2 is 1.68 bits per heavy atom. The zero-order valence-corrected chi connectivity index (χ0v) is 15.2. The van der Waals surface area contributed by atoms with Crippen molar-refractivity contribution < 1.29 is 4.74 Å². The molecule has 2 saturated carbocycles. The van der Waals surface area contributed by atoms with Crippen LogP contribution in [0.2, 0.25) is 0 Å². The second kappa shape index (κ2) is 7.21. The van der Waals surface area contributed by atoms with Crippen LogP contribution in [0, 0.1) is 17.3 Å². The van der Waals surface area contributed by atoms with Gasteiger partial charge in [0.25, 0.3) is 0 Å². The van der Waals surface area contributed by atoms with Crippen molar-refractivity contribution in [2.45, 2.75) is 90.7 Å². The average molecular weight is 308 g/mol. The van der Waals surface area contributed by atoms with Gasteiger partial charge in [0.1, 0.15) is 0 Å². The van der Waals surface area contributed by atoms with Crippen LogP contribution in [0.1, 0.15) is 78.6 Å². The summed E-state index contributed by atoms with van der Waals surface area (Å²) in [6.45, 7) is 10.6. The summed E-state index contributed by atoms with van der Waals surface area (Å²) in [5.41, 5.74) is 0.757. The van der Waals surface area contributed by atoms with Crippen molar-refractivity contribution in [2.24, 2.45) is 17.3 Å². The highest BCUT2D eigenvalue weighted by Gasteiger charge is 2.47. The highest BCUT2D eigenvalue weighted by Crippen LogP contribution is 2.55. The van der Waals surface area contributed by atoms with Gasteiger partial charge >= 0.3 is 0 Å². The van der Waals surface area contributed by atoms with Crippen molar-refractivity contribution in [3.05, 3.63) is 0 Å². The number of piperidine rings is 1. The van der Waals surface area contributed by atoms with E-state index in [4.69, 9.17) is 4.74 Å². The van der Waals surface area contributed by atoms with E-state index in [1.54, 1.807) is 0 Å². The lowest BCUT2D eigenvalue weighted by atomic mass is 9.54. The maximum atomic E-state index is 5.80. The van der Waals surface area contributed by atoms with Crippen LogP contribution >= 0.6 is 0 Å². The second-order valence-electron chi connectivity index (χ2n) is 8.48. The number of nitrogens with zero attached hydrogens (tertiary/aromatic N) is 1. The molecule has 1 aliphatic heterocycles. The van der Waals surface area contributed by atoms with Crippen LogP contribution in [0.4, 0.5) is 0 Å². The number of likely N-dealkylation sites (tertiary alicyclic amines) is 1. The highest BCUT2D eigenvalue weighted by atomic mass is 16.5. The minimum absolute atomic E-state index is 0.556. The minimum atomic E-state index is 0.556. The Labute approximate surface area is 138 Å². The molecule has 3 fully saturated rings. The van der Waals surface area contributed by atoms with Crippen LogP contribution in [0.3, 0.4) is 0 Å². The first kappa shape index (κ1) is 16.8. The highest BCUT2D eigenvalue weighted by molar-refractivity contribution is 4.99. The van der Waals surface area contributed by atoms with Crippen molar-refractivity contribution in [3.63, 3.8) is 0 Å². The van der Waals surface area contributed by atoms with Gasteiger partial charge in [-0.3, -0.25) is 0 Å². The van der Waals surface area contributed by atoms with Crippen molar-refractivity contribution in [2.75, 3.05) is 19.7 Å². The van der Waals surface area contributed by atoms with E-state index in [0.717, 1.165) is 29.9 Å². The fourth-order valence-electron chi connectivity index (χ4n) is 5.37. The third kappa shape index (κ3) is 3.53. The first-order chi connectivity index (χ1) is 10.7. The third-order valence-electron chi connectivity index (χ3n) is 7.26. The molecule has 0 aromatic carbocycles. The summed E-state index contributed by atoms with van der Waals surface area (Å²) in [5, 5.41) is 0. The van der Waals surface area contributed by atoms with E-state index in [9.17, 15) is 0 Å². The number of hydrogen-bond acceptors (Lipinski definition) is 2. The first-order valence-corrected chi connectivity index (χ1v) is 10.0. The summed E-state index contributed by atoms with van der Waals surface area (Å²) in [4.78, 5) is 2.82. The van der Waals surface area contributed by atoms with E-state index in [-0.39, 0.29) is 0 Å². The molecule has 1 saturated heterocycles. The third-order valence-corrected chi connectivity index (χ3v) is 7.26. The molecule has 0 aromatic heterocycles. The molecule has 0 aromatic rings. The Balaban J connectivity index is 1.40. The fraction of sp³-hybridized carbons (Fsp3) is 1.00. The fourth-order valence-corrected chi connectivity index (χ4v) is 5.37. The van der Waals surface area contributed by atoms with E-state index in [1.165, 1.54) is 70.9 Å². The Morgan fingerprint density at radius 3 is 2.23 bits per heavy atom. The van der Waals surface area contributed by atoms with Crippen molar-refractivity contribution in [3.8, 4) is 0 Å². The molecule has 1 heterocycles. The summed E-state index contributed by atoms with van der Waals surface area (Å²) in [5.74, 6) is 2.00. The van der Waals surface area contributed by atoms with E-state index >= 15 is 0 Å². The molecule has 0 bridgehead atoms. The van der Waals surface area contributed by atoms with Crippen LogP contribution < -0.4 is 0 Å². The van der Waals surface area contributed by atoms with Gasteiger partial charge in [-0.2, -0.15) is 0 Å². The molecule has 0 amide bonds. The lowest BCUT2D eigenvalue weighted by Crippen LogP contribution is -2.51. The molecule has 3 rings (SSSR count).